The number of aromatic carboxylic acids is 1. The molecule has 0 saturated carbocycles. The fourth-order valence-electron chi connectivity index (χ4n) is 1.81. The van der Waals surface area contributed by atoms with Gasteiger partial charge in [0.15, 0.2) is 17.3 Å². The first-order valence-electron chi connectivity index (χ1n) is 6.31. The highest BCUT2D eigenvalue weighted by atomic mass is 19.1. The molecular formula is C15H13FN2O3. The molecule has 1 N–H and O–H groups in total. The van der Waals surface area contributed by atoms with E-state index < -0.39 is 17.5 Å². The highest BCUT2D eigenvalue weighted by molar-refractivity contribution is 6.05. The Morgan fingerprint density at radius 1 is 1.24 bits per heavy atom. The average Bonchev–Trinajstić information content (AvgIpc) is 2.46. The molecule has 5 nitrogen and oxygen atoms in total. The Morgan fingerprint density at radius 3 is 2.48 bits per heavy atom. The van der Waals surface area contributed by atoms with Crippen molar-refractivity contribution in [2.45, 2.75) is 13.8 Å². The molecular weight excluding hydrogens is 275 g/mol. The molecule has 1 aromatic heterocycles. The summed E-state index contributed by atoms with van der Waals surface area (Å²) >= 11 is 0. The first-order chi connectivity index (χ1) is 9.91. The van der Waals surface area contributed by atoms with E-state index in [1.807, 2.05) is 0 Å². The van der Waals surface area contributed by atoms with Crippen LogP contribution >= 0.6 is 0 Å². The third-order valence-electron chi connectivity index (χ3n) is 2.90. The van der Waals surface area contributed by atoms with Crippen molar-refractivity contribution in [1.29, 1.82) is 0 Å². The minimum atomic E-state index is -1.35. The van der Waals surface area contributed by atoms with E-state index in [0.717, 1.165) is 6.20 Å². The summed E-state index contributed by atoms with van der Waals surface area (Å²) in [5.41, 5.74) is -0.400. The van der Waals surface area contributed by atoms with E-state index in [1.54, 1.807) is 19.9 Å². The van der Waals surface area contributed by atoms with Gasteiger partial charge in [0.1, 0.15) is 5.82 Å². The van der Waals surface area contributed by atoms with Crippen molar-refractivity contribution < 1.29 is 19.1 Å². The molecule has 0 radical (unpaired) electrons. The minimum Gasteiger partial charge on any atom is -0.476 e. The van der Waals surface area contributed by atoms with Crippen LogP contribution in [0.15, 0.2) is 30.5 Å². The zero-order valence-corrected chi connectivity index (χ0v) is 11.5. The van der Waals surface area contributed by atoms with Crippen molar-refractivity contribution in [3.05, 3.63) is 47.5 Å². The summed E-state index contributed by atoms with van der Waals surface area (Å²) in [7, 11) is 0. The van der Waals surface area contributed by atoms with Gasteiger partial charge in [0.05, 0.1) is 11.1 Å². The van der Waals surface area contributed by atoms with Crippen LogP contribution in [0.1, 0.15) is 34.7 Å². The Morgan fingerprint density at radius 2 is 1.90 bits per heavy atom. The van der Waals surface area contributed by atoms with Crippen LogP contribution in [-0.2, 0) is 0 Å². The zero-order chi connectivity index (χ0) is 15.6. The number of carboxylic acids is 1. The van der Waals surface area contributed by atoms with Crippen LogP contribution in [0.2, 0.25) is 0 Å². The lowest BCUT2D eigenvalue weighted by atomic mass is 10.0. The summed E-state index contributed by atoms with van der Waals surface area (Å²) in [6.45, 7) is 3.30. The van der Waals surface area contributed by atoms with Gasteiger partial charge in [0.2, 0.25) is 0 Å². The van der Waals surface area contributed by atoms with E-state index in [4.69, 9.17) is 0 Å². The van der Waals surface area contributed by atoms with Gasteiger partial charge in [0.25, 0.3) is 0 Å². The molecule has 0 atom stereocenters. The lowest BCUT2D eigenvalue weighted by molar-refractivity contribution is 0.0684. The lowest BCUT2D eigenvalue weighted by Gasteiger charge is -2.09. The van der Waals surface area contributed by atoms with Crippen molar-refractivity contribution in [2.75, 3.05) is 0 Å². The van der Waals surface area contributed by atoms with Crippen molar-refractivity contribution >= 4 is 11.8 Å². The fourth-order valence-corrected chi connectivity index (χ4v) is 1.81. The number of carbonyl (C=O) groups excluding carboxylic acids is 1. The number of hydrogen-bond donors (Lipinski definition) is 1. The summed E-state index contributed by atoms with van der Waals surface area (Å²) in [6, 6.07) is 5.77. The van der Waals surface area contributed by atoms with E-state index in [-0.39, 0.29) is 28.7 Å². The second-order valence-corrected chi connectivity index (χ2v) is 4.76. The van der Waals surface area contributed by atoms with Crippen LogP contribution in [0.3, 0.4) is 0 Å². The number of hydrogen-bond acceptors (Lipinski definition) is 4. The Kier molecular flexibility index (Phi) is 4.07. The van der Waals surface area contributed by atoms with E-state index in [1.165, 1.54) is 18.2 Å². The molecule has 0 aliphatic heterocycles. The van der Waals surface area contributed by atoms with Crippen LogP contribution in [0.5, 0.6) is 0 Å². The quantitative estimate of drug-likeness (QED) is 0.875. The molecule has 2 aromatic rings. The molecule has 0 amide bonds. The van der Waals surface area contributed by atoms with Crippen LogP contribution in [-0.4, -0.2) is 26.8 Å². The van der Waals surface area contributed by atoms with Gasteiger partial charge in [-0.15, -0.1) is 0 Å². The van der Waals surface area contributed by atoms with Gasteiger partial charge < -0.3 is 5.11 Å². The summed E-state index contributed by atoms with van der Waals surface area (Å²) in [5.74, 6) is -2.72. The molecule has 6 heteroatoms. The maximum absolute atomic E-state index is 13.7. The van der Waals surface area contributed by atoms with Gasteiger partial charge in [-0.25, -0.2) is 19.2 Å². The number of carbonyl (C=O) groups is 2. The molecule has 0 aliphatic rings. The summed E-state index contributed by atoms with van der Waals surface area (Å²) in [6.07, 6.45) is 1.14. The molecule has 0 fully saturated rings. The maximum atomic E-state index is 13.7. The first-order valence-corrected chi connectivity index (χ1v) is 6.31. The van der Waals surface area contributed by atoms with Crippen molar-refractivity contribution in [3.63, 3.8) is 0 Å². The Labute approximate surface area is 120 Å². The lowest BCUT2D eigenvalue weighted by Crippen LogP contribution is -2.16. The van der Waals surface area contributed by atoms with Gasteiger partial charge in [-0.3, -0.25) is 4.79 Å². The molecule has 0 spiro atoms. The zero-order valence-electron chi connectivity index (χ0n) is 11.5. The van der Waals surface area contributed by atoms with Crippen molar-refractivity contribution in [1.82, 2.24) is 9.97 Å². The molecule has 0 unspecified atom stereocenters. The smallest absolute Gasteiger partial charge is 0.355 e. The van der Waals surface area contributed by atoms with Crippen molar-refractivity contribution in [3.8, 4) is 11.4 Å². The summed E-state index contributed by atoms with van der Waals surface area (Å²) in [4.78, 5) is 31.0. The van der Waals surface area contributed by atoms with Gasteiger partial charge >= 0.3 is 5.97 Å². The van der Waals surface area contributed by atoms with Gasteiger partial charge in [-0.2, -0.15) is 0 Å². The van der Waals surface area contributed by atoms with Crippen LogP contribution in [0, 0.1) is 11.7 Å². The molecule has 0 aliphatic carbocycles. The molecule has 0 bridgehead atoms. The van der Waals surface area contributed by atoms with Gasteiger partial charge in [0, 0.05) is 12.1 Å². The monoisotopic (exact) mass is 288 g/mol. The molecule has 1 heterocycles. The number of Topliss-reactive ketones (excluding diaryl/α,β-unsaturated/α-hetero) is 1. The van der Waals surface area contributed by atoms with Gasteiger partial charge in [-0.05, 0) is 12.1 Å². The van der Waals surface area contributed by atoms with Crippen LogP contribution in [0.4, 0.5) is 4.39 Å². The Hall–Kier alpha value is -2.63. The number of halogens is 1. The number of carboxylic acid groups (broad SMARTS) is 1. The molecule has 1 aromatic carbocycles. The largest absolute Gasteiger partial charge is 0.476 e. The molecule has 108 valence electrons. The predicted molar refractivity (Wildman–Crippen MR) is 73.6 cm³/mol. The Balaban J connectivity index is 2.59. The second-order valence-electron chi connectivity index (χ2n) is 4.76. The third kappa shape index (κ3) is 2.94. The van der Waals surface area contributed by atoms with E-state index in [2.05, 4.69) is 9.97 Å². The SMILES string of the molecule is CC(C)C(=O)c1cnc(-c2ccccc2F)nc1C(=O)O. The van der Waals surface area contributed by atoms with Crippen LogP contribution < -0.4 is 0 Å². The fraction of sp³-hybridized carbons (Fsp3) is 0.200. The maximum Gasteiger partial charge on any atom is 0.355 e. The topological polar surface area (TPSA) is 80.2 Å². The first kappa shape index (κ1) is 14.8. The molecule has 2 rings (SSSR count). The number of rotatable bonds is 4. The van der Waals surface area contributed by atoms with E-state index in [0.29, 0.717) is 0 Å². The van der Waals surface area contributed by atoms with Crippen molar-refractivity contribution in [2.24, 2.45) is 5.92 Å². The second kappa shape index (κ2) is 5.78. The number of ketones is 1. The van der Waals surface area contributed by atoms with E-state index in [9.17, 15) is 19.1 Å². The molecule has 21 heavy (non-hydrogen) atoms. The average molecular weight is 288 g/mol. The standard InChI is InChI=1S/C15H13FN2O3/c1-8(2)13(19)10-7-17-14(18-12(10)15(20)21)9-5-3-4-6-11(9)16/h3-8H,1-2H3,(H,20,21). The number of nitrogens with zero attached hydrogens (tertiary/aromatic N) is 2. The van der Waals surface area contributed by atoms with E-state index >= 15 is 0 Å². The summed E-state index contributed by atoms with van der Waals surface area (Å²) < 4.78 is 13.7. The molecule has 0 saturated heterocycles. The number of benzene rings is 1. The predicted octanol–water partition coefficient (Wildman–Crippen LogP) is 2.82. The highest BCUT2D eigenvalue weighted by Crippen LogP contribution is 2.21. The number of aromatic nitrogens is 2. The minimum absolute atomic E-state index is 0.0641. The van der Waals surface area contributed by atoms with Crippen LogP contribution in [0.25, 0.3) is 11.4 Å². The normalized spacial score (nSPS) is 10.7. The summed E-state index contributed by atoms with van der Waals surface area (Å²) in [5, 5.41) is 9.20. The van der Waals surface area contributed by atoms with Gasteiger partial charge in [-0.1, -0.05) is 26.0 Å². The third-order valence-corrected chi connectivity index (χ3v) is 2.90. The highest BCUT2D eigenvalue weighted by Gasteiger charge is 2.22. The Bertz CT molecular complexity index is 714.